The fourth-order valence-corrected chi connectivity index (χ4v) is 4.74. The molecule has 1 heterocycles. The normalized spacial score (nSPS) is 21.8. The van der Waals surface area contributed by atoms with Crippen molar-refractivity contribution in [1.82, 2.24) is 0 Å². The molecule has 1 saturated heterocycles. The Labute approximate surface area is 119 Å². The maximum atomic E-state index is 11.4. The fourth-order valence-electron chi connectivity index (χ4n) is 2.22. The number of benzene rings is 1. The zero-order valence-corrected chi connectivity index (χ0v) is 12.8. The van der Waals surface area contributed by atoms with Crippen molar-refractivity contribution >= 4 is 31.0 Å². The van der Waals surface area contributed by atoms with E-state index in [-0.39, 0.29) is 22.3 Å². The average molecular weight is 318 g/mol. The molecule has 0 bridgehead atoms. The SMILES string of the molecule is CS(=O)(=O)c1ccc(NCC2CCS(=O)(=O)C2)c(N)c1. The molecule has 1 fully saturated rings. The molecule has 20 heavy (non-hydrogen) atoms. The van der Waals surface area contributed by atoms with Crippen molar-refractivity contribution in [2.45, 2.75) is 11.3 Å². The lowest BCUT2D eigenvalue weighted by Gasteiger charge is -2.13. The van der Waals surface area contributed by atoms with Crippen LogP contribution in [0.3, 0.4) is 0 Å². The van der Waals surface area contributed by atoms with Crippen molar-refractivity contribution in [3.8, 4) is 0 Å². The Bertz CT molecular complexity index is 711. The number of nitrogens with two attached hydrogens (primary N) is 1. The maximum Gasteiger partial charge on any atom is 0.175 e. The molecule has 6 nitrogen and oxygen atoms in total. The molecule has 8 heteroatoms. The van der Waals surface area contributed by atoms with E-state index in [9.17, 15) is 16.8 Å². The first-order chi connectivity index (χ1) is 9.17. The van der Waals surface area contributed by atoms with E-state index in [1.54, 1.807) is 6.07 Å². The lowest BCUT2D eigenvalue weighted by Crippen LogP contribution is -2.16. The van der Waals surface area contributed by atoms with Gasteiger partial charge in [-0.3, -0.25) is 0 Å². The summed E-state index contributed by atoms with van der Waals surface area (Å²) in [6.07, 6.45) is 1.77. The van der Waals surface area contributed by atoms with Gasteiger partial charge in [0.1, 0.15) is 0 Å². The molecule has 1 aliphatic heterocycles. The molecule has 0 aliphatic carbocycles. The van der Waals surface area contributed by atoms with Gasteiger partial charge in [0, 0.05) is 12.8 Å². The molecule has 1 aromatic carbocycles. The number of rotatable bonds is 4. The summed E-state index contributed by atoms with van der Waals surface area (Å²) in [4.78, 5) is 0.170. The van der Waals surface area contributed by atoms with Gasteiger partial charge in [-0.05, 0) is 30.5 Å². The van der Waals surface area contributed by atoms with Crippen LogP contribution in [-0.4, -0.2) is 41.1 Å². The van der Waals surface area contributed by atoms with E-state index in [4.69, 9.17) is 5.73 Å². The first kappa shape index (κ1) is 15.1. The maximum absolute atomic E-state index is 11.4. The molecule has 3 N–H and O–H groups in total. The van der Waals surface area contributed by atoms with Crippen molar-refractivity contribution < 1.29 is 16.8 Å². The highest BCUT2D eigenvalue weighted by Gasteiger charge is 2.27. The van der Waals surface area contributed by atoms with Gasteiger partial charge < -0.3 is 11.1 Å². The molecule has 1 atom stereocenters. The van der Waals surface area contributed by atoms with Crippen LogP contribution in [-0.2, 0) is 19.7 Å². The number of sulfone groups is 2. The highest BCUT2D eigenvalue weighted by Crippen LogP contribution is 2.24. The van der Waals surface area contributed by atoms with Gasteiger partial charge in [-0.1, -0.05) is 0 Å². The van der Waals surface area contributed by atoms with Gasteiger partial charge in [0.2, 0.25) is 0 Å². The van der Waals surface area contributed by atoms with Gasteiger partial charge in [-0.2, -0.15) is 0 Å². The second kappa shape index (κ2) is 5.25. The molecule has 1 aliphatic rings. The van der Waals surface area contributed by atoms with Gasteiger partial charge in [-0.25, -0.2) is 16.8 Å². The molecule has 0 amide bonds. The Hall–Kier alpha value is -1.28. The van der Waals surface area contributed by atoms with Gasteiger partial charge in [-0.15, -0.1) is 0 Å². The van der Waals surface area contributed by atoms with Crippen LogP contribution in [0.5, 0.6) is 0 Å². The summed E-state index contributed by atoms with van der Waals surface area (Å²) in [5, 5.41) is 3.09. The van der Waals surface area contributed by atoms with Crippen molar-refractivity contribution in [3.05, 3.63) is 18.2 Å². The summed E-state index contributed by atoms with van der Waals surface area (Å²) in [5.41, 5.74) is 6.78. The van der Waals surface area contributed by atoms with Crippen molar-refractivity contribution in [3.63, 3.8) is 0 Å². The van der Waals surface area contributed by atoms with E-state index >= 15 is 0 Å². The lowest BCUT2D eigenvalue weighted by molar-refractivity contribution is 0.595. The Morgan fingerprint density at radius 3 is 2.60 bits per heavy atom. The number of nitrogen functional groups attached to an aromatic ring is 1. The molecule has 0 aromatic heterocycles. The number of anilines is 2. The molecule has 1 aromatic rings. The minimum Gasteiger partial charge on any atom is -0.397 e. The van der Waals surface area contributed by atoms with Crippen LogP contribution in [0.25, 0.3) is 0 Å². The Balaban J connectivity index is 2.04. The predicted molar refractivity (Wildman–Crippen MR) is 79.2 cm³/mol. The minimum absolute atomic E-state index is 0.0778. The van der Waals surface area contributed by atoms with E-state index in [1.165, 1.54) is 12.1 Å². The minimum atomic E-state index is -3.28. The molecule has 0 radical (unpaired) electrons. The molecule has 0 saturated carbocycles. The third-order valence-corrected chi connectivity index (χ3v) is 6.31. The largest absolute Gasteiger partial charge is 0.397 e. The first-order valence-corrected chi connectivity index (χ1v) is 9.92. The lowest BCUT2D eigenvalue weighted by atomic mass is 10.1. The first-order valence-electron chi connectivity index (χ1n) is 6.21. The highest BCUT2D eigenvalue weighted by molar-refractivity contribution is 7.91. The van der Waals surface area contributed by atoms with E-state index < -0.39 is 19.7 Å². The Morgan fingerprint density at radius 2 is 2.10 bits per heavy atom. The third kappa shape index (κ3) is 3.63. The summed E-state index contributed by atoms with van der Waals surface area (Å²) in [6, 6.07) is 4.50. The van der Waals surface area contributed by atoms with Crippen LogP contribution < -0.4 is 11.1 Å². The second-order valence-corrected chi connectivity index (χ2v) is 9.42. The van der Waals surface area contributed by atoms with Crippen LogP contribution in [0.1, 0.15) is 6.42 Å². The average Bonchev–Trinajstić information content (AvgIpc) is 2.66. The topological polar surface area (TPSA) is 106 Å². The second-order valence-electron chi connectivity index (χ2n) is 5.17. The number of nitrogens with one attached hydrogen (secondary N) is 1. The van der Waals surface area contributed by atoms with Crippen LogP contribution in [0.2, 0.25) is 0 Å². The number of hydrogen-bond acceptors (Lipinski definition) is 6. The van der Waals surface area contributed by atoms with E-state index in [2.05, 4.69) is 5.32 Å². The molecular formula is C12H18N2O4S2. The van der Waals surface area contributed by atoms with Gasteiger partial charge in [0.25, 0.3) is 0 Å². The Kier molecular flexibility index (Phi) is 3.97. The standard InChI is InChI=1S/C12H18N2O4S2/c1-19(15,16)10-2-3-12(11(13)6-10)14-7-9-4-5-20(17,18)8-9/h2-3,6,9,14H,4-5,7-8,13H2,1H3. The smallest absolute Gasteiger partial charge is 0.175 e. The van der Waals surface area contributed by atoms with Crippen LogP contribution in [0, 0.1) is 5.92 Å². The summed E-state index contributed by atoms with van der Waals surface area (Å²) < 4.78 is 45.5. The van der Waals surface area contributed by atoms with Crippen LogP contribution >= 0.6 is 0 Å². The molecule has 2 rings (SSSR count). The summed E-state index contributed by atoms with van der Waals surface area (Å²) in [5.74, 6) is 0.511. The van der Waals surface area contributed by atoms with Gasteiger partial charge in [0.05, 0.1) is 27.8 Å². The van der Waals surface area contributed by atoms with Crippen LogP contribution in [0.15, 0.2) is 23.1 Å². The highest BCUT2D eigenvalue weighted by atomic mass is 32.2. The third-order valence-electron chi connectivity index (χ3n) is 3.36. The fraction of sp³-hybridized carbons (Fsp3) is 0.500. The van der Waals surface area contributed by atoms with Crippen molar-refractivity contribution in [2.75, 3.05) is 35.4 Å². The molecule has 112 valence electrons. The summed E-state index contributed by atoms with van der Waals surface area (Å²) >= 11 is 0. The summed E-state index contributed by atoms with van der Waals surface area (Å²) in [6.45, 7) is 0.516. The molecule has 0 spiro atoms. The summed E-state index contributed by atoms with van der Waals surface area (Å²) in [7, 11) is -6.16. The van der Waals surface area contributed by atoms with E-state index in [0.29, 0.717) is 24.3 Å². The van der Waals surface area contributed by atoms with E-state index in [0.717, 1.165) is 6.26 Å². The quantitative estimate of drug-likeness (QED) is 0.784. The molecule has 1 unspecified atom stereocenters. The predicted octanol–water partition coefficient (Wildman–Crippen LogP) is 0.519. The van der Waals surface area contributed by atoms with Crippen molar-refractivity contribution in [2.24, 2.45) is 5.92 Å². The van der Waals surface area contributed by atoms with Crippen molar-refractivity contribution in [1.29, 1.82) is 0 Å². The Morgan fingerprint density at radius 1 is 1.40 bits per heavy atom. The van der Waals surface area contributed by atoms with Crippen LogP contribution in [0.4, 0.5) is 11.4 Å². The zero-order chi connectivity index (χ0) is 15.0. The monoisotopic (exact) mass is 318 g/mol. The van der Waals surface area contributed by atoms with Gasteiger partial charge >= 0.3 is 0 Å². The molecular weight excluding hydrogens is 300 g/mol. The number of hydrogen-bond donors (Lipinski definition) is 2. The van der Waals surface area contributed by atoms with Gasteiger partial charge in [0.15, 0.2) is 19.7 Å². The zero-order valence-electron chi connectivity index (χ0n) is 11.2. The van der Waals surface area contributed by atoms with E-state index in [1.807, 2.05) is 0 Å².